The lowest BCUT2D eigenvalue weighted by Crippen LogP contribution is -2.29. The van der Waals surface area contributed by atoms with Gasteiger partial charge in [0, 0.05) is 28.4 Å². The van der Waals surface area contributed by atoms with Crippen LogP contribution in [0.4, 0.5) is 0 Å². The van der Waals surface area contributed by atoms with Crippen LogP contribution in [0.5, 0.6) is 0 Å². The van der Waals surface area contributed by atoms with Crippen LogP contribution in [-0.4, -0.2) is 25.8 Å². The summed E-state index contributed by atoms with van der Waals surface area (Å²) in [6, 6.07) is 12.5. The van der Waals surface area contributed by atoms with Crippen LogP contribution >= 0.6 is 22.9 Å². The zero-order valence-electron chi connectivity index (χ0n) is 14.9. The van der Waals surface area contributed by atoms with Gasteiger partial charge in [-0.15, -0.1) is 11.3 Å². The summed E-state index contributed by atoms with van der Waals surface area (Å²) in [5.74, 6) is -0.156. The molecule has 0 spiro atoms. The first-order valence-electron chi connectivity index (χ1n) is 8.59. The van der Waals surface area contributed by atoms with Gasteiger partial charge in [-0.1, -0.05) is 17.7 Å². The molecule has 9 heteroatoms. The molecule has 0 bridgehead atoms. The number of nitrogens with one attached hydrogen (secondary N) is 2. The number of carbonyl (C=O) groups excluding carboxylic acids is 1. The Labute approximate surface area is 174 Å². The predicted molar refractivity (Wildman–Crippen MR) is 112 cm³/mol. The molecule has 7 nitrogen and oxygen atoms in total. The molecule has 3 aromatic heterocycles. The molecule has 3 heterocycles. The second-order valence-electron chi connectivity index (χ2n) is 6.02. The Kier molecular flexibility index (Phi) is 5.46. The molecule has 1 amide bonds. The number of nitrogens with zero attached hydrogens (tertiary/aromatic N) is 3. The fourth-order valence-corrected chi connectivity index (χ4v) is 3.49. The normalized spacial score (nSPS) is 10.7. The molecule has 29 heavy (non-hydrogen) atoms. The van der Waals surface area contributed by atoms with Gasteiger partial charge >= 0.3 is 0 Å². The van der Waals surface area contributed by atoms with Gasteiger partial charge in [-0.2, -0.15) is 0 Å². The number of hydrogen-bond donors (Lipinski definition) is 2. The van der Waals surface area contributed by atoms with Crippen LogP contribution in [0.25, 0.3) is 22.1 Å². The van der Waals surface area contributed by atoms with Crippen LogP contribution in [0.3, 0.4) is 0 Å². The average Bonchev–Trinajstić information content (AvgIpc) is 3.22. The van der Waals surface area contributed by atoms with Crippen LogP contribution in [0.2, 0.25) is 5.02 Å². The van der Waals surface area contributed by atoms with Crippen molar-refractivity contribution in [3.8, 4) is 22.1 Å². The minimum atomic E-state index is -0.520. The molecule has 144 valence electrons. The molecule has 0 saturated heterocycles. The van der Waals surface area contributed by atoms with Crippen molar-refractivity contribution >= 4 is 28.8 Å². The molecular formula is C20H14ClN5O2S. The van der Waals surface area contributed by atoms with Crippen molar-refractivity contribution < 1.29 is 4.79 Å². The molecule has 0 atom stereocenters. The van der Waals surface area contributed by atoms with Gasteiger partial charge in [0.15, 0.2) is 0 Å². The van der Waals surface area contributed by atoms with Gasteiger partial charge in [0.2, 0.25) is 0 Å². The Morgan fingerprint density at radius 3 is 2.69 bits per heavy atom. The van der Waals surface area contributed by atoms with E-state index in [9.17, 15) is 9.59 Å². The number of aromatic amines is 1. The Morgan fingerprint density at radius 1 is 1.14 bits per heavy atom. The number of hydrogen-bond acceptors (Lipinski definition) is 6. The first-order chi connectivity index (χ1) is 14.1. The predicted octanol–water partition coefficient (Wildman–Crippen LogP) is 3.54. The number of amides is 1. The van der Waals surface area contributed by atoms with Crippen LogP contribution in [0, 0.1) is 0 Å². The van der Waals surface area contributed by atoms with Gasteiger partial charge in [-0.3, -0.25) is 14.6 Å². The van der Waals surface area contributed by atoms with Crippen molar-refractivity contribution in [2.45, 2.75) is 6.54 Å². The minimum Gasteiger partial charge on any atom is -0.346 e. The van der Waals surface area contributed by atoms with Crippen molar-refractivity contribution in [1.29, 1.82) is 0 Å². The highest BCUT2D eigenvalue weighted by atomic mass is 35.5. The number of aromatic nitrogens is 4. The smallest absolute Gasteiger partial charge is 0.264 e. The fourth-order valence-electron chi connectivity index (χ4n) is 2.57. The van der Waals surface area contributed by atoms with E-state index in [1.165, 1.54) is 17.5 Å². The molecule has 0 unspecified atom stereocenters. The van der Waals surface area contributed by atoms with Crippen molar-refractivity contribution in [3.63, 3.8) is 0 Å². The van der Waals surface area contributed by atoms with Crippen molar-refractivity contribution in [2.75, 3.05) is 0 Å². The first-order valence-corrected chi connectivity index (χ1v) is 9.85. The number of rotatable bonds is 5. The number of carbonyl (C=O) groups is 1. The fraction of sp³-hybridized carbons (Fsp3) is 0.0500. The maximum Gasteiger partial charge on any atom is 0.264 e. The lowest BCUT2D eigenvalue weighted by atomic mass is 10.2. The van der Waals surface area contributed by atoms with Crippen molar-refractivity contribution in [2.24, 2.45) is 0 Å². The maximum absolute atomic E-state index is 12.4. The zero-order chi connectivity index (χ0) is 20.2. The molecule has 0 saturated carbocycles. The molecular weight excluding hydrogens is 410 g/mol. The van der Waals surface area contributed by atoms with E-state index in [2.05, 4.69) is 25.3 Å². The van der Waals surface area contributed by atoms with E-state index in [1.54, 1.807) is 30.5 Å². The number of thiazole rings is 1. The SMILES string of the molecule is O=C(NCc1csc(-c2ccccn2)n1)c1cnc(-c2ccc(Cl)cc2)[nH]c1=O. The molecule has 2 N–H and O–H groups in total. The lowest BCUT2D eigenvalue weighted by molar-refractivity contribution is 0.0948. The Morgan fingerprint density at radius 2 is 1.97 bits per heavy atom. The van der Waals surface area contributed by atoms with E-state index < -0.39 is 11.5 Å². The van der Waals surface area contributed by atoms with Crippen LogP contribution in [0.15, 0.2) is 65.0 Å². The van der Waals surface area contributed by atoms with Gasteiger partial charge in [-0.05, 0) is 36.4 Å². The highest BCUT2D eigenvalue weighted by molar-refractivity contribution is 7.13. The second-order valence-corrected chi connectivity index (χ2v) is 7.32. The second kappa shape index (κ2) is 8.34. The third-order valence-electron chi connectivity index (χ3n) is 4.03. The standard InChI is InChI=1S/C20H14ClN5O2S/c21-13-6-4-12(5-7-13)17-23-10-15(19(28)26-17)18(27)24-9-14-11-29-20(25-14)16-3-1-2-8-22-16/h1-8,10-11H,9H2,(H,24,27)(H,23,26,28). The van der Waals surface area contributed by atoms with E-state index in [1.807, 2.05) is 23.6 Å². The summed E-state index contributed by atoms with van der Waals surface area (Å²) in [7, 11) is 0. The van der Waals surface area contributed by atoms with Crippen molar-refractivity contribution in [3.05, 3.63) is 86.9 Å². The molecule has 1 aromatic carbocycles. The molecule has 0 aliphatic carbocycles. The number of pyridine rings is 1. The number of benzene rings is 1. The molecule has 0 aliphatic rings. The molecule has 0 aliphatic heterocycles. The Bertz CT molecular complexity index is 1210. The highest BCUT2D eigenvalue weighted by Gasteiger charge is 2.13. The Balaban J connectivity index is 1.44. The number of H-pyrrole nitrogens is 1. The average molecular weight is 424 g/mol. The van der Waals surface area contributed by atoms with Crippen LogP contribution in [-0.2, 0) is 6.54 Å². The van der Waals surface area contributed by atoms with Crippen LogP contribution in [0.1, 0.15) is 16.1 Å². The summed E-state index contributed by atoms with van der Waals surface area (Å²) < 4.78 is 0. The number of halogens is 1. The van der Waals surface area contributed by atoms with E-state index in [-0.39, 0.29) is 12.1 Å². The quantitative estimate of drug-likeness (QED) is 0.511. The minimum absolute atomic E-state index is 0.0668. The molecule has 0 fully saturated rings. The molecule has 4 aromatic rings. The van der Waals surface area contributed by atoms with Gasteiger partial charge in [0.1, 0.15) is 16.4 Å². The van der Waals surface area contributed by atoms with Gasteiger partial charge in [-0.25, -0.2) is 9.97 Å². The van der Waals surface area contributed by atoms with E-state index >= 15 is 0 Å². The summed E-state index contributed by atoms with van der Waals surface area (Å²) in [4.78, 5) is 40.2. The monoisotopic (exact) mass is 423 g/mol. The summed E-state index contributed by atoms with van der Waals surface area (Å²) >= 11 is 7.30. The zero-order valence-corrected chi connectivity index (χ0v) is 16.5. The van der Waals surface area contributed by atoms with Crippen LogP contribution < -0.4 is 10.9 Å². The summed E-state index contributed by atoms with van der Waals surface area (Å²) in [5.41, 5.74) is 1.57. The lowest BCUT2D eigenvalue weighted by Gasteiger charge is -2.05. The summed E-state index contributed by atoms with van der Waals surface area (Å²) in [6.45, 7) is 0.195. The van der Waals surface area contributed by atoms with E-state index in [0.717, 1.165) is 10.7 Å². The summed E-state index contributed by atoms with van der Waals surface area (Å²) in [6.07, 6.45) is 2.96. The third-order valence-corrected chi connectivity index (χ3v) is 5.19. The third kappa shape index (κ3) is 4.39. The molecule has 0 radical (unpaired) electrons. The van der Waals surface area contributed by atoms with Gasteiger partial charge in [0.05, 0.1) is 17.9 Å². The largest absolute Gasteiger partial charge is 0.346 e. The first kappa shape index (κ1) is 19.0. The summed E-state index contributed by atoms with van der Waals surface area (Å²) in [5, 5.41) is 5.89. The van der Waals surface area contributed by atoms with Gasteiger partial charge < -0.3 is 10.3 Å². The van der Waals surface area contributed by atoms with Gasteiger partial charge in [0.25, 0.3) is 11.5 Å². The van der Waals surface area contributed by atoms with E-state index in [4.69, 9.17) is 11.6 Å². The highest BCUT2D eigenvalue weighted by Crippen LogP contribution is 2.21. The maximum atomic E-state index is 12.4. The molecule has 4 rings (SSSR count). The van der Waals surface area contributed by atoms with E-state index in [0.29, 0.717) is 22.1 Å². The Hall–Kier alpha value is -3.36. The van der Waals surface area contributed by atoms with Crippen molar-refractivity contribution in [1.82, 2.24) is 25.3 Å². The topological polar surface area (TPSA) is 101 Å².